The summed E-state index contributed by atoms with van der Waals surface area (Å²) in [4.78, 5) is 2.48. The fourth-order valence-corrected chi connectivity index (χ4v) is 11.5. The second-order valence-corrected chi connectivity index (χ2v) is 16.4. The van der Waals surface area contributed by atoms with Gasteiger partial charge in [-0.2, -0.15) is 0 Å². The molecule has 3 fully saturated rings. The van der Waals surface area contributed by atoms with E-state index in [1.807, 2.05) is 11.1 Å². The molecule has 1 nitrogen and oxygen atoms in total. The molecular formula is C29H50NTi. The number of hydrogen-bond donors (Lipinski definition) is 0. The molecule has 0 heterocycles. The van der Waals surface area contributed by atoms with Crippen LogP contribution >= 0.6 is 0 Å². The van der Waals surface area contributed by atoms with E-state index < -0.39 is 17.9 Å². The van der Waals surface area contributed by atoms with Crippen LogP contribution < -0.4 is 0 Å². The van der Waals surface area contributed by atoms with Crippen LogP contribution in [0, 0.1) is 17.8 Å². The van der Waals surface area contributed by atoms with Crippen LogP contribution in [0.15, 0.2) is 22.8 Å². The van der Waals surface area contributed by atoms with Crippen molar-refractivity contribution in [3.05, 3.63) is 22.8 Å². The molecule has 31 heavy (non-hydrogen) atoms. The van der Waals surface area contributed by atoms with Crippen molar-refractivity contribution in [3.63, 3.8) is 0 Å². The van der Waals surface area contributed by atoms with Gasteiger partial charge in [-0.1, -0.05) is 0 Å². The van der Waals surface area contributed by atoms with Crippen LogP contribution in [0.1, 0.15) is 103 Å². The van der Waals surface area contributed by atoms with E-state index in [4.69, 9.17) is 0 Å². The first kappa shape index (κ1) is 24.3. The summed E-state index contributed by atoms with van der Waals surface area (Å²) in [5.74, 6) is 2.70. The number of hydrogen-bond acceptors (Lipinski definition) is 1. The van der Waals surface area contributed by atoms with Gasteiger partial charge in [0.25, 0.3) is 0 Å². The van der Waals surface area contributed by atoms with Crippen LogP contribution in [0.25, 0.3) is 0 Å². The first-order valence-electron chi connectivity index (χ1n) is 14.0. The minimum atomic E-state index is -1.25. The Bertz CT molecular complexity index is 642. The van der Waals surface area contributed by atoms with Gasteiger partial charge >= 0.3 is 201 Å². The van der Waals surface area contributed by atoms with Gasteiger partial charge in [0.2, 0.25) is 0 Å². The molecule has 0 spiro atoms. The Morgan fingerprint density at radius 3 is 1.71 bits per heavy atom. The Balaban J connectivity index is 1.81. The Kier molecular flexibility index (Phi) is 8.66. The van der Waals surface area contributed by atoms with Crippen molar-refractivity contribution in [2.45, 2.75) is 117 Å². The predicted molar refractivity (Wildman–Crippen MR) is 132 cm³/mol. The van der Waals surface area contributed by atoms with Gasteiger partial charge in [0.1, 0.15) is 0 Å². The van der Waals surface area contributed by atoms with Gasteiger partial charge in [0, 0.05) is 0 Å². The zero-order valence-corrected chi connectivity index (χ0v) is 22.8. The molecule has 175 valence electrons. The molecule has 0 aromatic carbocycles. The second-order valence-electron chi connectivity index (χ2n) is 11.9. The van der Waals surface area contributed by atoms with Crippen LogP contribution in [0.2, 0.25) is 14.2 Å². The summed E-state index contributed by atoms with van der Waals surface area (Å²) in [6.07, 6.45) is 26.6. The van der Waals surface area contributed by atoms with Gasteiger partial charge in [-0.3, -0.25) is 0 Å². The van der Waals surface area contributed by atoms with Gasteiger partial charge in [-0.05, 0) is 0 Å². The third kappa shape index (κ3) is 5.15. The van der Waals surface area contributed by atoms with Crippen molar-refractivity contribution in [3.8, 4) is 0 Å². The van der Waals surface area contributed by atoms with E-state index in [2.05, 4.69) is 41.1 Å². The molecule has 3 saturated carbocycles. The summed E-state index contributed by atoms with van der Waals surface area (Å²) in [6.45, 7) is 1.27. The zero-order chi connectivity index (χ0) is 21.8. The minimum absolute atomic E-state index is 0.515. The molecule has 1 unspecified atom stereocenters. The van der Waals surface area contributed by atoms with Gasteiger partial charge in [0.15, 0.2) is 0 Å². The average molecular weight is 461 g/mol. The Hall–Kier alpha value is 0.154. The molecule has 1 atom stereocenters. The van der Waals surface area contributed by atoms with Crippen LogP contribution in [-0.4, -0.2) is 25.5 Å². The molecule has 0 aliphatic heterocycles. The van der Waals surface area contributed by atoms with Gasteiger partial charge in [-0.15, -0.1) is 0 Å². The number of allylic oxidation sites excluding steroid dienone is 4. The molecule has 0 amide bonds. The maximum absolute atomic E-state index is 2.92. The van der Waals surface area contributed by atoms with Crippen molar-refractivity contribution in [1.82, 2.24) is 4.90 Å². The van der Waals surface area contributed by atoms with E-state index in [1.165, 1.54) is 109 Å². The summed E-state index contributed by atoms with van der Waals surface area (Å²) >= 11 is -1.25. The van der Waals surface area contributed by atoms with E-state index in [-0.39, 0.29) is 0 Å². The molecule has 4 aliphatic rings. The fourth-order valence-electron chi connectivity index (χ4n) is 7.86. The summed E-state index contributed by atoms with van der Waals surface area (Å²) in [7, 11) is 4.62. The molecule has 0 aromatic rings. The van der Waals surface area contributed by atoms with Crippen LogP contribution in [0.3, 0.4) is 0 Å². The summed E-state index contributed by atoms with van der Waals surface area (Å²) < 4.78 is 0.515. The van der Waals surface area contributed by atoms with Crippen molar-refractivity contribution in [1.29, 1.82) is 0 Å². The summed E-state index contributed by atoms with van der Waals surface area (Å²) in [5, 5.41) is 5.50. The van der Waals surface area contributed by atoms with Crippen molar-refractivity contribution >= 4 is 0 Å². The quantitative estimate of drug-likeness (QED) is 0.343. The van der Waals surface area contributed by atoms with Crippen molar-refractivity contribution in [2.75, 3.05) is 20.6 Å². The standard InChI is InChI=1S/C27H44N.2CH3.Ti/c1-28(2)19-18-24-25(21-12-6-3-7-13-21)20-26(22-14-8-4-9-15-22)27(24)23-16-10-5-11-17-23;;;/h20-23H,3-19H2,1-2H3;2*1H3;. The van der Waals surface area contributed by atoms with Crippen LogP contribution in [0.5, 0.6) is 0 Å². The molecule has 0 saturated heterocycles. The van der Waals surface area contributed by atoms with Crippen LogP contribution in [0.4, 0.5) is 0 Å². The van der Waals surface area contributed by atoms with E-state index >= 15 is 0 Å². The van der Waals surface area contributed by atoms with E-state index in [9.17, 15) is 0 Å². The molecule has 2 heteroatoms. The molecular weight excluding hydrogens is 410 g/mol. The number of rotatable bonds is 7. The molecule has 0 bridgehead atoms. The molecule has 4 rings (SSSR count). The monoisotopic (exact) mass is 460 g/mol. The Morgan fingerprint density at radius 1 is 0.742 bits per heavy atom. The molecule has 0 N–H and O–H groups in total. The first-order valence-corrected chi connectivity index (χ1v) is 17.9. The normalized spacial score (nSPS) is 29.6. The Morgan fingerprint density at radius 2 is 1.23 bits per heavy atom. The number of nitrogens with zero attached hydrogens (tertiary/aromatic N) is 1. The van der Waals surface area contributed by atoms with Crippen molar-refractivity contribution in [2.24, 2.45) is 17.8 Å². The Labute approximate surface area is 200 Å². The molecule has 0 aromatic heterocycles. The summed E-state index contributed by atoms with van der Waals surface area (Å²) in [6, 6.07) is 0. The average Bonchev–Trinajstić information content (AvgIpc) is 3.16. The van der Waals surface area contributed by atoms with E-state index in [1.54, 1.807) is 0 Å². The van der Waals surface area contributed by atoms with Gasteiger partial charge in [0.05, 0.1) is 0 Å². The predicted octanol–water partition coefficient (Wildman–Crippen LogP) is 8.79. The maximum atomic E-state index is 2.92. The SMILES string of the molecule is CN(C)CC[C]1([Ti]([CH3])[CH3])C(C2CCCCC2)=CC(C2CCCCC2)=C1C1CCCCC1. The van der Waals surface area contributed by atoms with E-state index in [0.29, 0.717) is 3.72 Å². The second kappa shape index (κ2) is 11.1. The van der Waals surface area contributed by atoms with Gasteiger partial charge < -0.3 is 0 Å². The zero-order valence-electron chi connectivity index (χ0n) is 21.3. The third-order valence-electron chi connectivity index (χ3n) is 9.47. The molecule has 4 aliphatic carbocycles. The molecule has 0 radical (unpaired) electrons. The summed E-state index contributed by atoms with van der Waals surface area (Å²) in [5.41, 5.74) is 6.00. The van der Waals surface area contributed by atoms with Crippen LogP contribution in [-0.2, 0) is 17.9 Å². The fraction of sp³-hybridized carbons (Fsp3) is 0.862. The van der Waals surface area contributed by atoms with E-state index in [0.717, 1.165) is 17.8 Å². The first-order chi connectivity index (χ1) is 15.0. The topological polar surface area (TPSA) is 3.24 Å². The third-order valence-corrected chi connectivity index (χ3v) is 13.4. The van der Waals surface area contributed by atoms with Crippen molar-refractivity contribution < 1.29 is 17.9 Å². The van der Waals surface area contributed by atoms with Gasteiger partial charge in [-0.25, -0.2) is 0 Å².